The smallest absolute Gasteiger partial charge is 0.248 e. The molecule has 1 amide bonds. The van der Waals surface area contributed by atoms with Gasteiger partial charge in [0.1, 0.15) is 11.7 Å². The summed E-state index contributed by atoms with van der Waals surface area (Å²) in [5.74, 6) is -1.39. The van der Waals surface area contributed by atoms with Gasteiger partial charge in [0.05, 0.1) is 10.6 Å². The Hall–Kier alpha value is -3.82. The molecule has 0 unspecified atom stereocenters. The number of primary sulfonamides is 1. The van der Waals surface area contributed by atoms with Crippen molar-refractivity contribution in [3.05, 3.63) is 89.8 Å². The maximum Gasteiger partial charge on any atom is 0.248 e. The van der Waals surface area contributed by atoms with Crippen LogP contribution in [0.4, 0.5) is 10.1 Å². The Balaban J connectivity index is 1.79. The van der Waals surface area contributed by atoms with Crippen molar-refractivity contribution >= 4 is 33.5 Å². The van der Waals surface area contributed by atoms with Gasteiger partial charge in [-0.15, -0.1) is 0 Å². The first-order valence-electron chi connectivity index (χ1n) is 9.00. The number of nitrogens with two attached hydrogens (primary N) is 2. The minimum atomic E-state index is -3.99. The molecule has 31 heavy (non-hydrogen) atoms. The summed E-state index contributed by atoms with van der Waals surface area (Å²) >= 11 is 0. The van der Waals surface area contributed by atoms with Crippen LogP contribution in [0, 0.1) is 11.2 Å². The predicted molar refractivity (Wildman–Crippen MR) is 118 cm³/mol. The first-order chi connectivity index (χ1) is 14.6. The summed E-state index contributed by atoms with van der Waals surface area (Å²) in [5, 5.41) is 15.1. The van der Waals surface area contributed by atoms with E-state index >= 15 is 0 Å². The van der Waals surface area contributed by atoms with Crippen LogP contribution in [0.15, 0.2) is 77.7 Å². The molecule has 3 aromatic carbocycles. The lowest BCUT2D eigenvalue weighted by atomic mass is 10.0. The number of hydrogen-bond donors (Lipinski definition) is 4. The van der Waals surface area contributed by atoms with Gasteiger partial charge in [-0.3, -0.25) is 10.2 Å². The van der Waals surface area contributed by atoms with E-state index in [4.69, 9.17) is 16.3 Å². The van der Waals surface area contributed by atoms with E-state index in [-0.39, 0.29) is 22.0 Å². The van der Waals surface area contributed by atoms with Crippen molar-refractivity contribution in [3.8, 4) is 11.1 Å². The molecule has 0 saturated heterocycles. The van der Waals surface area contributed by atoms with Crippen LogP contribution in [0.1, 0.15) is 11.1 Å². The van der Waals surface area contributed by atoms with Gasteiger partial charge in [-0.2, -0.15) is 0 Å². The van der Waals surface area contributed by atoms with Gasteiger partial charge in [0.25, 0.3) is 0 Å². The molecule has 3 aromatic rings. The molecule has 0 bridgehead atoms. The van der Waals surface area contributed by atoms with Crippen LogP contribution < -0.4 is 16.2 Å². The van der Waals surface area contributed by atoms with E-state index < -0.39 is 21.7 Å². The molecular formula is C22H19FN4O3S. The molecule has 0 aromatic heterocycles. The van der Waals surface area contributed by atoms with Gasteiger partial charge >= 0.3 is 0 Å². The van der Waals surface area contributed by atoms with Crippen LogP contribution >= 0.6 is 0 Å². The molecule has 0 aliphatic rings. The fraction of sp³-hybridized carbons (Fsp3) is 0. The van der Waals surface area contributed by atoms with Crippen molar-refractivity contribution in [2.45, 2.75) is 4.90 Å². The second-order valence-corrected chi connectivity index (χ2v) is 8.13. The number of hydrogen-bond acceptors (Lipinski definition) is 4. The molecule has 0 heterocycles. The Morgan fingerprint density at radius 3 is 2.45 bits per heavy atom. The largest absolute Gasteiger partial charge is 0.384 e. The Morgan fingerprint density at radius 2 is 1.77 bits per heavy atom. The average Bonchev–Trinajstić information content (AvgIpc) is 2.73. The lowest BCUT2D eigenvalue weighted by Gasteiger charge is -2.10. The third-order valence-corrected chi connectivity index (χ3v) is 5.33. The number of nitrogens with one attached hydrogen (secondary N) is 2. The van der Waals surface area contributed by atoms with Crippen LogP contribution in [0.25, 0.3) is 17.2 Å². The van der Waals surface area contributed by atoms with Crippen LogP contribution in [-0.2, 0) is 14.8 Å². The van der Waals surface area contributed by atoms with Gasteiger partial charge < -0.3 is 11.1 Å². The van der Waals surface area contributed by atoms with E-state index in [0.29, 0.717) is 16.7 Å². The predicted octanol–water partition coefficient (Wildman–Crippen LogP) is 3.08. The monoisotopic (exact) mass is 438 g/mol. The van der Waals surface area contributed by atoms with Gasteiger partial charge in [0.15, 0.2) is 0 Å². The van der Waals surface area contributed by atoms with Gasteiger partial charge in [-0.1, -0.05) is 42.5 Å². The number of sulfonamides is 1. The zero-order chi connectivity index (χ0) is 22.6. The highest BCUT2D eigenvalue weighted by Crippen LogP contribution is 2.29. The summed E-state index contributed by atoms with van der Waals surface area (Å²) in [6, 6.07) is 16.7. The van der Waals surface area contributed by atoms with Gasteiger partial charge in [-0.25, -0.2) is 17.9 Å². The van der Waals surface area contributed by atoms with Crippen molar-refractivity contribution in [3.63, 3.8) is 0 Å². The van der Waals surface area contributed by atoms with Crippen LogP contribution in [0.5, 0.6) is 0 Å². The fourth-order valence-corrected chi connectivity index (χ4v) is 3.65. The van der Waals surface area contributed by atoms with E-state index in [1.807, 2.05) is 0 Å². The normalized spacial score (nSPS) is 11.4. The Bertz CT molecular complexity index is 1300. The van der Waals surface area contributed by atoms with Crippen molar-refractivity contribution in [2.75, 3.05) is 5.32 Å². The summed E-state index contributed by atoms with van der Waals surface area (Å²) < 4.78 is 38.1. The molecular weight excluding hydrogens is 419 g/mol. The molecule has 0 spiro atoms. The number of rotatable bonds is 6. The Morgan fingerprint density at radius 1 is 1.03 bits per heavy atom. The lowest BCUT2D eigenvalue weighted by Crippen LogP contribution is -2.13. The van der Waals surface area contributed by atoms with Crippen molar-refractivity contribution in [1.82, 2.24) is 0 Å². The number of amides is 1. The third kappa shape index (κ3) is 5.41. The zero-order valence-corrected chi connectivity index (χ0v) is 17.0. The van der Waals surface area contributed by atoms with Crippen molar-refractivity contribution in [2.24, 2.45) is 10.9 Å². The maximum absolute atomic E-state index is 14.6. The topological polar surface area (TPSA) is 139 Å². The molecule has 0 fully saturated rings. The molecule has 158 valence electrons. The highest BCUT2D eigenvalue weighted by atomic mass is 32.2. The second-order valence-electron chi connectivity index (χ2n) is 6.60. The highest BCUT2D eigenvalue weighted by Gasteiger charge is 2.16. The van der Waals surface area contributed by atoms with E-state index in [9.17, 15) is 17.6 Å². The van der Waals surface area contributed by atoms with E-state index in [2.05, 4.69) is 5.32 Å². The second kappa shape index (κ2) is 8.90. The molecule has 3 rings (SSSR count). The van der Waals surface area contributed by atoms with Crippen molar-refractivity contribution in [1.29, 1.82) is 5.41 Å². The standard InChI is InChI=1S/C22H19FN4O3S/c23-18-13-15(17-6-1-2-7-20(17)31(26,29)30)9-10-19(18)27-21(28)11-8-14-4-3-5-16(12-14)22(24)25/h1-13H,(H3,24,25)(H,27,28)(H2,26,29,30)/b11-8-. The number of anilines is 1. The SMILES string of the molecule is N=C(N)c1cccc(/C=C\C(=O)Nc2ccc(-c3ccccc3S(N)(=O)=O)cc2F)c1. The number of nitrogen functional groups attached to an aromatic ring is 1. The van der Waals surface area contributed by atoms with Crippen LogP contribution in [-0.4, -0.2) is 20.2 Å². The van der Waals surface area contributed by atoms with E-state index in [1.165, 1.54) is 42.5 Å². The zero-order valence-electron chi connectivity index (χ0n) is 16.2. The summed E-state index contributed by atoms with van der Waals surface area (Å²) in [6.45, 7) is 0. The van der Waals surface area contributed by atoms with Gasteiger partial charge in [0.2, 0.25) is 15.9 Å². The van der Waals surface area contributed by atoms with E-state index in [0.717, 1.165) is 6.07 Å². The molecule has 0 aliphatic carbocycles. The van der Waals surface area contributed by atoms with Crippen LogP contribution in [0.2, 0.25) is 0 Å². The number of carbonyl (C=O) groups excluding carboxylic acids is 1. The molecule has 0 aliphatic heterocycles. The molecule has 9 heteroatoms. The van der Waals surface area contributed by atoms with Crippen LogP contribution in [0.3, 0.4) is 0 Å². The summed E-state index contributed by atoms with van der Waals surface area (Å²) in [4.78, 5) is 12.0. The maximum atomic E-state index is 14.6. The molecule has 0 radical (unpaired) electrons. The molecule has 0 atom stereocenters. The minimum absolute atomic E-state index is 0.0658. The number of halogens is 1. The first-order valence-corrected chi connectivity index (χ1v) is 10.5. The minimum Gasteiger partial charge on any atom is -0.384 e. The summed E-state index contributed by atoms with van der Waals surface area (Å²) in [7, 11) is -3.99. The number of benzene rings is 3. The quantitative estimate of drug-likeness (QED) is 0.267. The molecule has 6 N–H and O–H groups in total. The highest BCUT2D eigenvalue weighted by molar-refractivity contribution is 7.89. The Kier molecular flexibility index (Phi) is 6.28. The van der Waals surface area contributed by atoms with Gasteiger partial charge in [-0.05, 0) is 41.5 Å². The number of carbonyl (C=O) groups is 1. The molecule has 0 saturated carbocycles. The van der Waals surface area contributed by atoms with Crippen molar-refractivity contribution < 1.29 is 17.6 Å². The third-order valence-electron chi connectivity index (χ3n) is 4.36. The first kappa shape index (κ1) is 21.9. The van der Waals surface area contributed by atoms with E-state index in [1.54, 1.807) is 30.3 Å². The summed E-state index contributed by atoms with van der Waals surface area (Å²) in [6.07, 6.45) is 2.74. The van der Waals surface area contributed by atoms with Gasteiger partial charge in [0, 0.05) is 17.2 Å². The number of amidine groups is 1. The Labute approximate surface area is 178 Å². The average molecular weight is 438 g/mol. The summed E-state index contributed by atoms with van der Waals surface area (Å²) in [5.41, 5.74) is 7.10. The lowest BCUT2D eigenvalue weighted by molar-refractivity contribution is -0.111. The fourth-order valence-electron chi connectivity index (χ4n) is 2.89. The molecule has 7 nitrogen and oxygen atoms in total.